The van der Waals surface area contributed by atoms with E-state index in [1.165, 1.54) is 28.4 Å². The van der Waals surface area contributed by atoms with Gasteiger partial charge in [0.15, 0.2) is 12.3 Å². The van der Waals surface area contributed by atoms with Crippen molar-refractivity contribution in [3.8, 4) is 0 Å². The van der Waals surface area contributed by atoms with Crippen molar-refractivity contribution in [1.29, 1.82) is 0 Å². The zero-order valence-corrected chi connectivity index (χ0v) is 59.3. The van der Waals surface area contributed by atoms with Crippen molar-refractivity contribution >= 4 is 17.2 Å². The van der Waals surface area contributed by atoms with Crippen LogP contribution in [-0.4, -0.2) is 114 Å². The Morgan fingerprint density at radius 1 is 0.533 bits per heavy atom. The van der Waals surface area contributed by atoms with Gasteiger partial charge in [-0.2, -0.15) is 35.8 Å². The molecule has 23 heteroatoms. The summed E-state index contributed by atoms with van der Waals surface area (Å²) >= 11 is 1.72. The number of hydrogen-bond acceptors (Lipinski definition) is 16. The minimum atomic E-state index is 0.428. The molecule has 0 bridgehead atoms. The largest absolute Gasteiger partial charge is 0.479 e. The van der Waals surface area contributed by atoms with Crippen LogP contribution in [0.5, 0.6) is 0 Å². The fraction of sp³-hybridized carbons (Fsp3) is 0.537. The number of nitrogens with zero attached hydrogens (tertiary/aromatic N) is 16. The number of aromatic nitrogens is 19. The van der Waals surface area contributed by atoms with Gasteiger partial charge in [0.1, 0.15) is 25.0 Å². The Balaban J connectivity index is 0.000000963. The third-order valence-corrected chi connectivity index (χ3v) is 12.3. The number of aliphatic imine (C=N–C) groups is 1. The number of aromatic amines is 4. The minimum absolute atomic E-state index is 0.428. The van der Waals surface area contributed by atoms with Gasteiger partial charge in [-0.05, 0) is 101 Å². The number of ether oxygens (including phenoxy) is 1. The molecule has 0 unspecified atom stereocenters. The number of H-pyrrole nitrogens is 4. The highest BCUT2D eigenvalue weighted by Crippen LogP contribution is 2.16. The average molecular weight is 1260 g/mol. The highest BCUT2D eigenvalue weighted by molar-refractivity contribution is 7.09. The van der Waals surface area contributed by atoms with Crippen LogP contribution in [0.25, 0.3) is 0 Å². The van der Waals surface area contributed by atoms with E-state index in [1.54, 1.807) is 78.4 Å². The van der Waals surface area contributed by atoms with Crippen molar-refractivity contribution in [2.75, 3.05) is 13.2 Å². The molecular formula is C67H112N20O2S. The summed E-state index contributed by atoms with van der Waals surface area (Å²) < 4.78 is 15.9. The molecule has 22 nitrogen and oxygen atoms in total. The molecule has 0 saturated carbocycles. The molecule has 4 N–H and O–H groups in total. The van der Waals surface area contributed by atoms with Crippen molar-refractivity contribution in [2.45, 2.75) is 213 Å². The molecule has 0 atom stereocenters. The molecule has 1 aliphatic rings. The smallest absolute Gasteiger partial charge is 0.186 e. The number of oxazole rings is 1. The fourth-order valence-electron chi connectivity index (χ4n) is 5.92. The van der Waals surface area contributed by atoms with Gasteiger partial charge in [-0.25, -0.2) is 24.9 Å². The molecule has 0 fully saturated rings. The lowest BCUT2D eigenvalue weighted by Crippen LogP contribution is -2.06. The Morgan fingerprint density at radius 2 is 1.22 bits per heavy atom. The summed E-state index contributed by atoms with van der Waals surface area (Å²) in [4.78, 5) is 30.4. The van der Waals surface area contributed by atoms with Gasteiger partial charge in [0.2, 0.25) is 0 Å². The van der Waals surface area contributed by atoms with E-state index in [-0.39, 0.29) is 0 Å². The topological polar surface area (TPSA) is 267 Å². The van der Waals surface area contributed by atoms with Gasteiger partial charge in [0.25, 0.3) is 0 Å². The summed E-state index contributed by atoms with van der Waals surface area (Å²) in [6, 6.07) is 11.1. The first-order valence-electron chi connectivity index (χ1n) is 31.2. The summed E-state index contributed by atoms with van der Waals surface area (Å²) in [5.74, 6) is 6.43. The molecule has 0 aliphatic carbocycles. The van der Waals surface area contributed by atoms with E-state index in [1.807, 2.05) is 83.9 Å². The number of rotatable bonds is 10. The number of pyridine rings is 1. The Bertz CT molecular complexity index is 2370. The van der Waals surface area contributed by atoms with Gasteiger partial charge >= 0.3 is 0 Å². The van der Waals surface area contributed by atoms with Crippen LogP contribution in [0.15, 0.2) is 157 Å². The molecule has 0 spiro atoms. The standard InChI is InChI=1S/5C6H10N2.C6H9NO.C6H11NO.C6H9NS.2C5H9N3.C5H5N.C4H10/c1-5(2)6-3-7-4-8-6;1-5(2)6-3-7-8-4-6;1-6(2)8-4-3-7-5-8;1-6(2)8-5-3-4-7-8;1-5(2)6-3-4-7-8-6;1-5(2)6-3-7-4-8-6;2*1-5(2)6-7-3-4-8-6;1-5(2)8-4-6-3-7-8;1-4(2)5-3-6-8-7-5;1-2-4-6-5-3-1;1-4(2)3/h2*3-5H,1-2H3,(H,7,8);2*3-6H,1-2H3;3-5H,1-2H3,(H,7,8);3-5H,1-2H3;5H,3-4H2,1-2H3;2*3-5H,1-2H3;3-4H,1-2H3,(H,6,7,8);1-5H;4H,1-3H3. The molecule has 90 heavy (non-hydrogen) atoms. The van der Waals surface area contributed by atoms with E-state index in [0.717, 1.165) is 36.4 Å². The highest BCUT2D eigenvalue weighted by Gasteiger charge is 2.10. The van der Waals surface area contributed by atoms with E-state index >= 15 is 0 Å². The number of imidazole rings is 2. The fourth-order valence-corrected chi connectivity index (χ4v) is 6.58. The van der Waals surface area contributed by atoms with Crippen LogP contribution in [0.1, 0.15) is 246 Å². The van der Waals surface area contributed by atoms with Crippen molar-refractivity contribution in [3.63, 3.8) is 0 Å². The second-order valence-corrected chi connectivity index (χ2v) is 24.7. The van der Waals surface area contributed by atoms with E-state index in [0.29, 0.717) is 59.6 Å². The molecule has 10 aromatic rings. The minimum Gasteiger partial charge on any atom is -0.479 e. The van der Waals surface area contributed by atoms with Crippen LogP contribution >= 0.6 is 11.3 Å². The van der Waals surface area contributed by atoms with E-state index in [2.05, 4.69) is 250 Å². The van der Waals surface area contributed by atoms with Gasteiger partial charge in [-0.15, -0.1) is 11.3 Å². The summed E-state index contributed by atoms with van der Waals surface area (Å²) in [6.45, 7) is 50.3. The number of thiazole rings is 1. The lowest BCUT2D eigenvalue weighted by Gasteiger charge is -2.02. The first-order valence-corrected chi connectivity index (χ1v) is 32.1. The molecule has 0 saturated heterocycles. The monoisotopic (exact) mass is 1260 g/mol. The van der Waals surface area contributed by atoms with E-state index < -0.39 is 0 Å². The first kappa shape index (κ1) is 81.8. The molecule has 11 rings (SSSR count). The third kappa shape index (κ3) is 42.6. The molecule has 10 aromatic heterocycles. The first-order chi connectivity index (χ1) is 42.8. The van der Waals surface area contributed by atoms with E-state index in [4.69, 9.17) is 9.15 Å². The lowest BCUT2D eigenvalue weighted by molar-refractivity contribution is 0.328. The molecular weight excluding hydrogens is 1150 g/mol. The van der Waals surface area contributed by atoms with Crippen molar-refractivity contribution in [1.82, 2.24) is 94.8 Å². The van der Waals surface area contributed by atoms with E-state index in [9.17, 15) is 0 Å². The van der Waals surface area contributed by atoms with Gasteiger partial charge < -0.3 is 18.7 Å². The Labute approximate surface area is 542 Å². The van der Waals surface area contributed by atoms with Crippen LogP contribution in [-0.2, 0) is 4.74 Å². The molecule has 0 aromatic carbocycles. The maximum atomic E-state index is 5.16. The van der Waals surface area contributed by atoms with Crippen LogP contribution < -0.4 is 0 Å². The summed E-state index contributed by atoms with van der Waals surface area (Å²) in [7, 11) is 0. The van der Waals surface area contributed by atoms with Gasteiger partial charge in [-0.3, -0.25) is 29.5 Å². The normalized spacial score (nSPS) is 10.9. The second-order valence-electron chi connectivity index (χ2n) is 23.8. The zero-order valence-electron chi connectivity index (χ0n) is 58.5. The molecule has 0 radical (unpaired) electrons. The lowest BCUT2D eigenvalue weighted by atomic mass is 10.1. The van der Waals surface area contributed by atoms with Crippen molar-refractivity contribution in [3.05, 3.63) is 181 Å². The molecule has 0 amide bonds. The van der Waals surface area contributed by atoms with Crippen molar-refractivity contribution < 1.29 is 9.15 Å². The van der Waals surface area contributed by atoms with Crippen LogP contribution in [0.3, 0.4) is 0 Å². The van der Waals surface area contributed by atoms with Crippen molar-refractivity contribution in [2.24, 2.45) is 16.8 Å². The van der Waals surface area contributed by atoms with Crippen LogP contribution in [0.4, 0.5) is 0 Å². The number of nitrogens with one attached hydrogen (secondary N) is 4. The quantitative estimate of drug-likeness (QED) is 0.0992. The Hall–Kier alpha value is -8.21. The van der Waals surface area contributed by atoms with Gasteiger partial charge in [0, 0.05) is 115 Å². The predicted octanol–water partition coefficient (Wildman–Crippen LogP) is 17.2. The van der Waals surface area contributed by atoms with Crippen LogP contribution in [0.2, 0.25) is 0 Å². The van der Waals surface area contributed by atoms with Gasteiger partial charge in [-0.1, -0.05) is 124 Å². The Morgan fingerprint density at radius 3 is 1.46 bits per heavy atom. The Kier molecular flexibility index (Phi) is 46.0. The molecule has 1 aliphatic heterocycles. The maximum Gasteiger partial charge on any atom is 0.186 e. The maximum absolute atomic E-state index is 5.16. The number of hydrogen-bond donors (Lipinski definition) is 4. The average Bonchev–Trinajstić information content (AvgIpc) is 4.40. The SMILES string of the molecule is CC(C)C.CC(C)C1=NCCO1.CC(C)c1ccn[nH]1.CC(C)c1cn[nH]c1.CC(C)c1cn[nH]n1.CC(C)c1cnc[nH]1.CC(C)c1cnco1.CC(C)c1nccs1.CC(C)n1cccn1.CC(C)n1ccnc1.CC(C)n1cncn1.c1ccncc1. The highest BCUT2D eigenvalue weighted by atomic mass is 32.1. The van der Waals surface area contributed by atoms with Crippen LogP contribution in [0, 0.1) is 11.8 Å². The molecule has 11 heterocycles. The predicted molar refractivity (Wildman–Crippen MR) is 369 cm³/mol. The molecule has 498 valence electrons. The second kappa shape index (κ2) is 50.6. The summed E-state index contributed by atoms with van der Waals surface area (Å²) in [5.41, 5.74) is 4.69. The summed E-state index contributed by atoms with van der Waals surface area (Å²) in [5, 5.41) is 34.6. The zero-order chi connectivity index (χ0) is 67.7. The summed E-state index contributed by atoms with van der Waals surface area (Å²) in [6.07, 6.45) is 32.0. The van der Waals surface area contributed by atoms with Gasteiger partial charge in [0.05, 0.1) is 48.5 Å². The third-order valence-electron chi connectivity index (χ3n) is 11.3.